The highest BCUT2D eigenvalue weighted by Crippen LogP contribution is 2.44. The Bertz CT molecular complexity index is 1070. The molecule has 2 aromatic rings. The minimum Gasteiger partial charge on any atom is -0.480 e. The van der Waals surface area contributed by atoms with Crippen molar-refractivity contribution in [1.82, 2.24) is 10.6 Å². The molecule has 0 aliphatic heterocycles. The topological polar surface area (TPSA) is 105 Å². The summed E-state index contributed by atoms with van der Waals surface area (Å²) in [6, 6.07) is 15.6. The van der Waals surface area contributed by atoms with Gasteiger partial charge in [0.1, 0.15) is 12.6 Å². The van der Waals surface area contributed by atoms with E-state index in [1.807, 2.05) is 24.3 Å². The number of carbonyl (C=O) groups excluding carboxylic acids is 2. The highest BCUT2D eigenvalue weighted by atomic mass is 16.5. The van der Waals surface area contributed by atoms with Gasteiger partial charge in [-0.2, -0.15) is 0 Å². The van der Waals surface area contributed by atoms with Crippen LogP contribution >= 0.6 is 0 Å². The van der Waals surface area contributed by atoms with Gasteiger partial charge in [-0.3, -0.25) is 4.79 Å². The van der Waals surface area contributed by atoms with Gasteiger partial charge in [-0.1, -0.05) is 55.0 Å². The summed E-state index contributed by atoms with van der Waals surface area (Å²) in [4.78, 5) is 36.5. The van der Waals surface area contributed by atoms with Crippen molar-refractivity contribution in [2.45, 2.75) is 62.9 Å². The fourth-order valence-corrected chi connectivity index (χ4v) is 5.85. The first-order chi connectivity index (χ1) is 17.0. The molecule has 2 aromatic carbocycles. The predicted molar refractivity (Wildman–Crippen MR) is 131 cm³/mol. The number of carbonyl (C=O) groups is 3. The lowest BCUT2D eigenvalue weighted by Crippen LogP contribution is -2.48. The molecule has 0 radical (unpaired) electrons. The van der Waals surface area contributed by atoms with E-state index in [9.17, 15) is 19.5 Å². The summed E-state index contributed by atoms with van der Waals surface area (Å²) in [6.45, 7) is 0.274. The number of hydrogen-bond acceptors (Lipinski definition) is 4. The van der Waals surface area contributed by atoms with Crippen LogP contribution < -0.4 is 10.6 Å². The van der Waals surface area contributed by atoms with Gasteiger partial charge in [-0.25, -0.2) is 9.59 Å². The molecule has 2 amide bonds. The van der Waals surface area contributed by atoms with E-state index in [1.165, 1.54) is 22.3 Å². The molecule has 1 unspecified atom stereocenters. The number of rotatable bonds is 8. The summed E-state index contributed by atoms with van der Waals surface area (Å²) in [5.41, 5.74) is 4.73. The maximum atomic E-state index is 12.6. The van der Waals surface area contributed by atoms with E-state index >= 15 is 0 Å². The molecule has 0 heterocycles. The van der Waals surface area contributed by atoms with Crippen molar-refractivity contribution >= 4 is 18.0 Å². The van der Waals surface area contributed by atoms with Gasteiger partial charge in [0.2, 0.25) is 5.91 Å². The standard InChI is InChI=1S/C28H32N2O5/c31-25(30-26(27(32)33)18-6-5-7-18)15-17-12-13-19(14-17)29-28(34)35-16-24-22-10-3-1-8-20(22)21-9-2-4-11-23(21)24/h1-4,8-11,17-19,24,26H,5-7,12-16H2,(H,29,34)(H,30,31)(H,32,33)/t17-,19+,26?/m0/s1. The van der Waals surface area contributed by atoms with Crippen molar-refractivity contribution in [2.24, 2.45) is 11.8 Å². The van der Waals surface area contributed by atoms with E-state index in [0.717, 1.165) is 32.1 Å². The summed E-state index contributed by atoms with van der Waals surface area (Å²) < 4.78 is 5.65. The molecule has 3 atom stereocenters. The number of benzene rings is 2. The molecule has 0 bridgehead atoms. The van der Waals surface area contributed by atoms with Crippen molar-refractivity contribution < 1.29 is 24.2 Å². The van der Waals surface area contributed by atoms with Gasteiger partial charge in [0.05, 0.1) is 0 Å². The molecule has 184 valence electrons. The van der Waals surface area contributed by atoms with Crippen molar-refractivity contribution in [2.75, 3.05) is 6.61 Å². The Labute approximate surface area is 205 Å². The molecule has 5 rings (SSSR count). The molecule has 0 spiro atoms. The van der Waals surface area contributed by atoms with E-state index in [0.29, 0.717) is 12.8 Å². The van der Waals surface area contributed by atoms with E-state index in [-0.39, 0.29) is 36.3 Å². The highest BCUT2D eigenvalue weighted by molar-refractivity contribution is 5.84. The number of aliphatic carboxylic acids is 1. The lowest BCUT2D eigenvalue weighted by Gasteiger charge is -2.31. The van der Waals surface area contributed by atoms with Crippen LogP contribution in [0.3, 0.4) is 0 Å². The Kier molecular flexibility index (Phi) is 6.75. The molecule has 3 aliphatic carbocycles. The van der Waals surface area contributed by atoms with Gasteiger partial charge < -0.3 is 20.5 Å². The average molecular weight is 477 g/mol. The number of amides is 2. The second-order valence-electron chi connectivity index (χ2n) is 10.1. The minimum absolute atomic E-state index is 0.0195. The number of fused-ring (bicyclic) bond motifs is 3. The molecule has 7 heteroatoms. The molecule has 0 saturated heterocycles. The smallest absolute Gasteiger partial charge is 0.407 e. The molecule has 3 N–H and O–H groups in total. The zero-order chi connectivity index (χ0) is 24.4. The largest absolute Gasteiger partial charge is 0.480 e. The van der Waals surface area contributed by atoms with Crippen molar-refractivity contribution in [3.05, 3.63) is 59.7 Å². The van der Waals surface area contributed by atoms with Crippen LogP contribution in [0, 0.1) is 11.8 Å². The zero-order valence-corrected chi connectivity index (χ0v) is 19.7. The molecule has 0 aromatic heterocycles. The van der Waals surface area contributed by atoms with Gasteiger partial charge in [-0.05, 0) is 66.2 Å². The van der Waals surface area contributed by atoms with Gasteiger partial charge in [0.25, 0.3) is 0 Å². The third kappa shape index (κ3) is 5.04. The van der Waals surface area contributed by atoms with Crippen molar-refractivity contribution in [1.29, 1.82) is 0 Å². The van der Waals surface area contributed by atoms with Crippen LogP contribution in [0.15, 0.2) is 48.5 Å². The van der Waals surface area contributed by atoms with Crippen molar-refractivity contribution in [3.63, 3.8) is 0 Å². The molecule has 2 fully saturated rings. The van der Waals surface area contributed by atoms with Crippen LogP contribution in [-0.4, -0.2) is 41.8 Å². The third-order valence-corrected chi connectivity index (χ3v) is 7.88. The molecule has 3 aliphatic rings. The summed E-state index contributed by atoms with van der Waals surface area (Å²) in [7, 11) is 0. The number of hydrogen-bond donors (Lipinski definition) is 3. The fourth-order valence-electron chi connectivity index (χ4n) is 5.85. The normalized spacial score (nSPS) is 21.9. The van der Waals surface area contributed by atoms with E-state index in [4.69, 9.17) is 4.74 Å². The summed E-state index contributed by atoms with van der Waals surface area (Å²) >= 11 is 0. The maximum absolute atomic E-state index is 12.6. The maximum Gasteiger partial charge on any atom is 0.407 e. The Morgan fingerprint density at radius 3 is 2.20 bits per heavy atom. The van der Waals surface area contributed by atoms with Gasteiger partial charge >= 0.3 is 12.1 Å². The minimum atomic E-state index is -0.954. The van der Waals surface area contributed by atoms with Crippen LogP contribution in [0.2, 0.25) is 0 Å². The highest BCUT2D eigenvalue weighted by Gasteiger charge is 2.35. The second kappa shape index (κ2) is 10.1. The Morgan fingerprint density at radius 1 is 0.943 bits per heavy atom. The van der Waals surface area contributed by atoms with Crippen LogP contribution in [0.1, 0.15) is 62.0 Å². The van der Waals surface area contributed by atoms with Gasteiger partial charge in [-0.15, -0.1) is 0 Å². The second-order valence-corrected chi connectivity index (χ2v) is 10.1. The Hall–Kier alpha value is -3.35. The van der Waals surface area contributed by atoms with E-state index < -0.39 is 18.1 Å². The lowest BCUT2D eigenvalue weighted by molar-refractivity contribution is -0.144. The van der Waals surface area contributed by atoms with E-state index in [1.54, 1.807) is 0 Å². The number of ether oxygens (including phenoxy) is 1. The Balaban J connectivity index is 1.09. The van der Waals surface area contributed by atoms with E-state index in [2.05, 4.69) is 34.9 Å². The number of nitrogens with one attached hydrogen (secondary N) is 2. The Morgan fingerprint density at radius 2 is 1.60 bits per heavy atom. The number of carboxylic acids is 1. The first kappa shape index (κ1) is 23.4. The molecule has 2 saturated carbocycles. The van der Waals surface area contributed by atoms with Gasteiger partial charge in [0, 0.05) is 18.4 Å². The summed E-state index contributed by atoms with van der Waals surface area (Å²) in [5, 5.41) is 15.1. The first-order valence-corrected chi connectivity index (χ1v) is 12.6. The molecular formula is C28H32N2O5. The SMILES string of the molecule is O=C(C[C@H]1CC[C@@H](NC(=O)OCC2c3ccccc3-c3ccccc32)C1)NC(C(=O)O)C1CCC1. The predicted octanol–water partition coefficient (Wildman–Crippen LogP) is 4.45. The van der Waals surface area contributed by atoms with Crippen LogP contribution in [0.4, 0.5) is 4.79 Å². The molecule has 35 heavy (non-hydrogen) atoms. The lowest BCUT2D eigenvalue weighted by atomic mass is 9.79. The van der Waals surface area contributed by atoms with Gasteiger partial charge in [0.15, 0.2) is 0 Å². The summed E-state index contributed by atoms with van der Waals surface area (Å²) in [5.74, 6) is -0.973. The van der Waals surface area contributed by atoms with Crippen LogP contribution in [0.25, 0.3) is 11.1 Å². The van der Waals surface area contributed by atoms with Crippen LogP contribution in [0.5, 0.6) is 0 Å². The zero-order valence-electron chi connectivity index (χ0n) is 19.7. The number of alkyl carbamates (subject to hydrolysis) is 1. The first-order valence-electron chi connectivity index (χ1n) is 12.6. The number of carboxylic acid groups (broad SMARTS) is 1. The molecule has 7 nitrogen and oxygen atoms in total. The average Bonchev–Trinajstić information content (AvgIpc) is 3.37. The quantitative estimate of drug-likeness (QED) is 0.522. The third-order valence-electron chi connectivity index (χ3n) is 7.88. The fraction of sp³-hybridized carbons (Fsp3) is 0.464. The molecular weight excluding hydrogens is 444 g/mol. The van der Waals surface area contributed by atoms with Crippen LogP contribution in [-0.2, 0) is 14.3 Å². The van der Waals surface area contributed by atoms with Crippen molar-refractivity contribution in [3.8, 4) is 11.1 Å². The monoisotopic (exact) mass is 476 g/mol. The summed E-state index contributed by atoms with van der Waals surface area (Å²) in [6.07, 6.45) is 4.89.